The van der Waals surface area contributed by atoms with Crippen LogP contribution in [0.15, 0.2) is 6.20 Å². The third-order valence-corrected chi connectivity index (χ3v) is 2.38. The van der Waals surface area contributed by atoms with E-state index in [1.54, 1.807) is 6.20 Å². The van der Waals surface area contributed by atoms with E-state index in [2.05, 4.69) is 12.0 Å². The van der Waals surface area contributed by atoms with Crippen LogP contribution in [0.25, 0.3) is 0 Å². The molecule has 1 saturated heterocycles. The lowest BCUT2D eigenvalue weighted by molar-refractivity contribution is -0.0533. The molecular formula is C8H13N3O. The molecule has 66 valence electrons. The van der Waals surface area contributed by atoms with Gasteiger partial charge in [0.15, 0.2) is 0 Å². The van der Waals surface area contributed by atoms with Gasteiger partial charge in [-0.3, -0.25) is 4.68 Å². The molecular weight excluding hydrogens is 154 g/mol. The van der Waals surface area contributed by atoms with E-state index in [9.17, 15) is 0 Å². The van der Waals surface area contributed by atoms with Crippen molar-refractivity contribution in [3.63, 3.8) is 0 Å². The van der Waals surface area contributed by atoms with E-state index < -0.39 is 0 Å². The molecule has 2 heterocycles. The average molecular weight is 167 g/mol. The van der Waals surface area contributed by atoms with Gasteiger partial charge in [-0.1, -0.05) is 0 Å². The Kier molecular flexibility index (Phi) is 1.41. The SMILES string of the molecule is Cn1ncc(N)c1C1(C)COC1. The van der Waals surface area contributed by atoms with Crippen LogP contribution >= 0.6 is 0 Å². The fourth-order valence-electron chi connectivity index (χ4n) is 1.74. The zero-order chi connectivity index (χ0) is 8.77. The maximum atomic E-state index is 5.80. The lowest BCUT2D eigenvalue weighted by Gasteiger charge is -2.38. The topological polar surface area (TPSA) is 53.1 Å². The minimum atomic E-state index is 0.0787. The molecule has 2 rings (SSSR count). The first-order valence-electron chi connectivity index (χ1n) is 3.99. The van der Waals surface area contributed by atoms with Crippen molar-refractivity contribution >= 4 is 5.69 Å². The van der Waals surface area contributed by atoms with Gasteiger partial charge in [0.25, 0.3) is 0 Å². The van der Waals surface area contributed by atoms with Gasteiger partial charge in [-0.2, -0.15) is 5.10 Å². The number of aryl methyl sites for hydroxylation is 1. The van der Waals surface area contributed by atoms with E-state index >= 15 is 0 Å². The van der Waals surface area contributed by atoms with Gasteiger partial charge in [0.2, 0.25) is 0 Å². The number of hydrogen-bond donors (Lipinski definition) is 1. The molecule has 0 atom stereocenters. The quantitative estimate of drug-likeness (QED) is 0.654. The lowest BCUT2D eigenvalue weighted by atomic mass is 9.84. The van der Waals surface area contributed by atoms with Gasteiger partial charge in [-0.05, 0) is 6.92 Å². The third-order valence-electron chi connectivity index (χ3n) is 2.38. The Balaban J connectivity index is 2.44. The third kappa shape index (κ3) is 0.845. The maximum Gasteiger partial charge on any atom is 0.0740 e. The number of nitrogens with zero attached hydrogens (tertiary/aromatic N) is 2. The molecule has 0 saturated carbocycles. The van der Waals surface area contributed by atoms with Gasteiger partial charge in [-0.15, -0.1) is 0 Å². The van der Waals surface area contributed by atoms with E-state index in [0.717, 1.165) is 24.6 Å². The summed E-state index contributed by atoms with van der Waals surface area (Å²) < 4.78 is 7.01. The molecule has 1 aliphatic rings. The number of rotatable bonds is 1. The first kappa shape index (κ1) is 7.61. The Morgan fingerprint density at radius 2 is 2.33 bits per heavy atom. The molecule has 0 aliphatic carbocycles. The molecule has 0 bridgehead atoms. The molecule has 1 aliphatic heterocycles. The van der Waals surface area contributed by atoms with Crippen LogP contribution in [0.5, 0.6) is 0 Å². The van der Waals surface area contributed by atoms with Crippen LogP contribution in [0.1, 0.15) is 12.6 Å². The number of nitrogens with two attached hydrogens (primary N) is 1. The molecule has 1 fully saturated rings. The van der Waals surface area contributed by atoms with Gasteiger partial charge in [0.05, 0.1) is 36.2 Å². The Morgan fingerprint density at radius 3 is 2.67 bits per heavy atom. The standard InChI is InChI=1S/C8H13N3O/c1-8(4-12-5-8)7-6(9)3-10-11(7)2/h3H,4-5,9H2,1-2H3. The van der Waals surface area contributed by atoms with Gasteiger partial charge in [0.1, 0.15) is 0 Å². The van der Waals surface area contributed by atoms with Crippen molar-refractivity contribution in [2.45, 2.75) is 12.3 Å². The maximum absolute atomic E-state index is 5.80. The van der Waals surface area contributed by atoms with E-state index in [4.69, 9.17) is 10.5 Å². The summed E-state index contributed by atoms with van der Waals surface area (Å²) in [6.07, 6.45) is 1.69. The number of nitrogen functional groups attached to an aromatic ring is 1. The number of anilines is 1. The van der Waals surface area contributed by atoms with Crippen LogP contribution in [0.2, 0.25) is 0 Å². The van der Waals surface area contributed by atoms with Gasteiger partial charge in [-0.25, -0.2) is 0 Å². The second kappa shape index (κ2) is 2.23. The van der Waals surface area contributed by atoms with Crippen LogP contribution in [0.3, 0.4) is 0 Å². The molecule has 1 aromatic rings. The molecule has 12 heavy (non-hydrogen) atoms. The Labute approximate surface area is 71.3 Å². The average Bonchev–Trinajstić information content (AvgIpc) is 2.27. The highest BCUT2D eigenvalue weighted by molar-refractivity contribution is 5.46. The minimum Gasteiger partial charge on any atom is -0.396 e. The molecule has 0 radical (unpaired) electrons. The Bertz CT molecular complexity index is 282. The fraction of sp³-hybridized carbons (Fsp3) is 0.625. The monoisotopic (exact) mass is 167 g/mol. The molecule has 0 unspecified atom stereocenters. The molecule has 4 nitrogen and oxygen atoms in total. The summed E-state index contributed by atoms with van der Waals surface area (Å²) >= 11 is 0. The van der Waals surface area contributed by atoms with Crippen molar-refractivity contribution in [2.24, 2.45) is 7.05 Å². The first-order chi connectivity index (χ1) is 5.63. The summed E-state index contributed by atoms with van der Waals surface area (Å²) in [6.45, 7) is 3.64. The Morgan fingerprint density at radius 1 is 1.67 bits per heavy atom. The van der Waals surface area contributed by atoms with E-state index in [-0.39, 0.29) is 5.41 Å². The zero-order valence-electron chi connectivity index (χ0n) is 7.37. The van der Waals surface area contributed by atoms with Crippen molar-refractivity contribution in [3.8, 4) is 0 Å². The predicted molar refractivity (Wildman–Crippen MR) is 45.8 cm³/mol. The van der Waals surface area contributed by atoms with Gasteiger partial charge in [0, 0.05) is 7.05 Å². The number of aromatic nitrogens is 2. The minimum absolute atomic E-state index is 0.0787. The van der Waals surface area contributed by atoms with Crippen molar-refractivity contribution in [2.75, 3.05) is 18.9 Å². The van der Waals surface area contributed by atoms with E-state index in [1.807, 2.05) is 11.7 Å². The van der Waals surface area contributed by atoms with Crippen LogP contribution in [0.4, 0.5) is 5.69 Å². The van der Waals surface area contributed by atoms with Crippen molar-refractivity contribution in [1.82, 2.24) is 9.78 Å². The van der Waals surface area contributed by atoms with Crippen molar-refractivity contribution in [3.05, 3.63) is 11.9 Å². The summed E-state index contributed by atoms with van der Waals surface area (Å²) in [5.74, 6) is 0. The number of ether oxygens (including phenoxy) is 1. The highest BCUT2D eigenvalue weighted by Crippen LogP contribution is 2.34. The van der Waals surface area contributed by atoms with Crippen molar-refractivity contribution < 1.29 is 4.74 Å². The second-order valence-corrected chi connectivity index (χ2v) is 3.63. The molecule has 2 N–H and O–H groups in total. The fourth-order valence-corrected chi connectivity index (χ4v) is 1.74. The van der Waals surface area contributed by atoms with E-state index in [1.165, 1.54) is 0 Å². The molecule has 4 heteroatoms. The zero-order valence-corrected chi connectivity index (χ0v) is 7.37. The van der Waals surface area contributed by atoms with Gasteiger partial charge < -0.3 is 10.5 Å². The smallest absolute Gasteiger partial charge is 0.0740 e. The summed E-state index contributed by atoms with van der Waals surface area (Å²) in [7, 11) is 1.91. The first-order valence-corrected chi connectivity index (χ1v) is 3.99. The van der Waals surface area contributed by atoms with Crippen LogP contribution in [0, 0.1) is 0 Å². The molecule has 1 aromatic heterocycles. The summed E-state index contributed by atoms with van der Waals surface area (Å²) in [5.41, 5.74) is 7.74. The lowest BCUT2D eigenvalue weighted by Crippen LogP contribution is -2.45. The van der Waals surface area contributed by atoms with Crippen molar-refractivity contribution in [1.29, 1.82) is 0 Å². The van der Waals surface area contributed by atoms with Crippen LogP contribution < -0.4 is 5.73 Å². The second-order valence-electron chi connectivity index (χ2n) is 3.63. The normalized spacial score (nSPS) is 20.5. The summed E-state index contributed by atoms with van der Waals surface area (Å²) in [5, 5.41) is 4.10. The van der Waals surface area contributed by atoms with Crippen LogP contribution in [-0.4, -0.2) is 23.0 Å². The van der Waals surface area contributed by atoms with Crippen LogP contribution in [-0.2, 0) is 17.2 Å². The summed E-state index contributed by atoms with van der Waals surface area (Å²) in [6, 6.07) is 0. The summed E-state index contributed by atoms with van der Waals surface area (Å²) in [4.78, 5) is 0. The van der Waals surface area contributed by atoms with Gasteiger partial charge >= 0.3 is 0 Å². The molecule has 0 amide bonds. The predicted octanol–water partition coefficient (Wildman–Crippen LogP) is 0.290. The Hall–Kier alpha value is -1.03. The molecule has 0 aromatic carbocycles. The highest BCUT2D eigenvalue weighted by Gasteiger charge is 2.39. The number of hydrogen-bond acceptors (Lipinski definition) is 3. The van der Waals surface area contributed by atoms with E-state index in [0.29, 0.717) is 0 Å². The largest absolute Gasteiger partial charge is 0.396 e. The highest BCUT2D eigenvalue weighted by atomic mass is 16.5. The molecule has 0 spiro atoms.